The van der Waals surface area contributed by atoms with Crippen molar-refractivity contribution in [1.29, 1.82) is 5.41 Å². The molecule has 0 radical (unpaired) electrons. The Morgan fingerprint density at radius 3 is 2.14 bits per heavy atom. The Balaban J connectivity index is 0.00000481. The first-order chi connectivity index (χ1) is 17.3. The van der Waals surface area contributed by atoms with E-state index in [1.807, 2.05) is 0 Å². The summed E-state index contributed by atoms with van der Waals surface area (Å²) in [5.74, 6) is -1.76. The monoisotopic (exact) mass is 535 g/mol. The summed E-state index contributed by atoms with van der Waals surface area (Å²) < 4.78 is 51.4. The number of amidine groups is 1. The van der Waals surface area contributed by atoms with E-state index in [1.54, 1.807) is 43.3 Å². The van der Waals surface area contributed by atoms with Crippen molar-refractivity contribution in [1.82, 2.24) is 5.32 Å². The number of nitrogens with two attached hydrogens (primary N) is 1. The lowest BCUT2D eigenvalue weighted by atomic mass is 10.1. The zero-order chi connectivity index (χ0) is 26.2. The molecule has 198 valence electrons. The zero-order valence-electron chi connectivity index (χ0n) is 20.5. The number of benzene rings is 3. The quantitative estimate of drug-likeness (QED) is 0.238. The molecule has 8 nitrogen and oxygen atoms in total. The highest BCUT2D eigenvalue weighted by molar-refractivity contribution is 5.94. The van der Waals surface area contributed by atoms with E-state index >= 15 is 8.78 Å². The van der Waals surface area contributed by atoms with Crippen LogP contribution in [0.15, 0.2) is 54.6 Å². The van der Waals surface area contributed by atoms with Crippen LogP contribution in [0, 0.1) is 17.0 Å². The molecule has 4 N–H and O–H groups in total. The fraction of sp³-hybridized carbons (Fsp3) is 0.231. The molecule has 11 heteroatoms. The Labute approximate surface area is 219 Å². The highest BCUT2D eigenvalue weighted by Gasteiger charge is 2.28. The Kier molecular flexibility index (Phi) is 10.6. The third-order valence-electron chi connectivity index (χ3n) is 5.21. The van der Waals surface area contributed by atoms with Crippen LogP contribution in [0.3, 0.4) is 0 Å². The van der Waals surface area contributed by atoms with Gasteiger partial charge in [-0.3, -0.25) is 10.2 Å². The van der Waals surface area contributed by atoms with E-state index in [9.17, 15) is 4.79 Å². The molecule has 1 atom stereocenters. The first-order valence-corrected chi connectivity index (χ1v) is 11.0. The zero-order valence-corrected chi connectivity index (χ0v) is 21.3. The molecule has 0 fully saturated rings. The van der Waals surface area contributed by atoms with E-state index in [4.69, 9.17) is 30.1 Å². The second-order valence-electron chi connectivity index (χ2n) is 7.58. The van der Waals surface area contributed by atoms with Gasteiger partial charge in [0.1, 0.15) is 29.0 Å². The van der Waals surface area contributed by atoms with E-state index in [0.717, 1.165) is 12.1 Å². The summed E-state index contributed by atoms with van der Waals surface area (Å²) >= 11 is 0. The lowest BCUT2D eigenvalue weighted by molar-refractivity contribution is -0.133. The summed E-state index contributed by atoms with van der Waals surface area (Å²) in [4.78, 5) is 12.8. The van der Waals surface area contributed by atoms with E-state index < -0.39 is 29.2 Å². The van der Waals surface area contributed by atoms with Gasteiger partial charge in [-0.05, 0) is 24.6 Å². The molecule has 3 aromatic carbocycles. The van der Waals surface area contributed by atoms with Crippen molar-refractivity contribution >= 4 is 24.1 Å². The molecule has 0 aliphatic rings. The Bertz CT molecular complexity index is 1220. The van der Waals surface area contributed by atoms with Gasteiger partial charge in [0.05, 0.1) is 19.8 Å². The predicted molar refractivity (Wildman–Crippen MR) is 137 cm³/mol. The topological polar surface area (TPSA) is 116 Å². The standard InChI is InChI=1S/C26H27F2N3O5.ClH/c1-4-35-24(26(32)31-14-15-5-7-16(8-6-15)25(29)30)23-19(27)11-18(12-20(23)28)36-17-9-10-21(33-2)22(13-17)34-3;/h5-13,24H,4,14H2,1-3H3,(H3,29,30)(H,31,32);1H/t24-;/m0./s1. The molecule has 0 bridgehead atoms. The number of hydrogen-bond acceptors (Lipinski definition) is 6. The number of carbonyl (C=O) groups excluding carboxylic acids is 1. The van der Waals surface area contributed by atoms with E-state index in [0.29, 0.717) is 22.6 Å². The van der Waals surface area contributed by atoms with Crippen molar-refractivity contribution in [3.05, 3.63) is 82.9 Å². The Morgan fingerprint density at radius 2 is 1.59 bits per heavy atom. The SMILES string of the molecule is CCO[C@H](C(=O)NCc1ccc(C(=N)N)cc1)c1c(F)cc(Oc2ccc(OC)c(OC)c2)cc1F.Cl. The number of amides is 1. The minimum absolute atomic E-state index is 0. The van der Waals surface area contributed by atoms with Gasteiger partial charge < -0.3 is 30.0 Å². The molecule has 3 aromatic rings. The van der Waals surface area contributed by atoms with Crippen LogP contribution in [0.5, 0.6) is 23.0 Å². The molecule has 0 unspecified atom stereocenters. The molecule has 0 aromatic heterocycles. The van der Waals surface area contributed by atoms with Crippen LogP contribution in [0.1, 0.15) is 29.7 Å². The van der Waals surface area contributed by atoms with Gasteiger partial charge in [0.25, 0.3) is 5.91 Å². The molecule has 37 heavy (non-hydrogen) atoms. The van der Waals surface area contributed by atoms with E-state index in [2.05, 4.69) is 5.32 Å². The van der Waals surface area contributed by atoms with Crippen molar-refractivity contribution < 1.29 is 32.5 Å². The van der Waals surface area contributed by atoms with Crippen molar-refractivity contribution in [2.45, 2.75) is 19.6 Å². The summed E-state index contributed by atoms with van der Waals surface area (Å²) in [6, 6.07) is 13.3. The molecule has 0 aliphatic heterocycles. The third-order valence-corrected chi connectivity index (χ3v) is 5.21. The van der Waals surface area contributed by atoms with Gasteiger partial charge in [-0.2, -0.15) is 0 Å². The van der Waals surface area contributed by atoms with Crippen molar-refractivity contribution in [3.8, 4) is 23.0 Å². The van der Waals surface area contributed by atoms with Gasteiger partial charge in [-0.1, -0.05) is 24.3 Å². The van der Waals surface area contributed by atoms with E-state index in [-0.39, 0.29) is 42.9 Å². The van der Waals surface area contributed by atoms with Crippen LogP contribution < -0.4 is 25.3 Å². The largest absolute Gasteiger partial charge is 0.493 e. The summed E-state index contributed by atoms with van der Waals surface area (Å²) in [6.45, 7) is 1.75. The smallest absolute Gasteiger partial charge is 0.254 e. The molecule has 0 saturated carbocycles. The average molecular weight is 536 g/mol. The molecule has 0 spiro atoms. The highest BCUT2D eigenvalue weighted by Crippen LogP contribution is 2.35. The van der Waals surface area contributed by atoms with Gasteiger partial charge >= 0.3 is 0 Å². The predicted octanol–water partition coefficient (Wildman–Crippen LogP) is 4.87. The number of carbonyl (C=O) groups is 1. The molecule has 0 saturated heterocycles. The number of nitrogens with one attached hydrogen (secondary N) is 2. The van der Waals surface area contributed by atoms with Crippen LogP contribution in [0.25, 0.3) is 0 Å². The highest BCUT2D eigenvalue weighted by atomic mass is 35.5. The fourth-order valence-electron chi connectivity index (χ4n) is 3.43. The average Bonchev–Trinajstić information content (AvgIpc) is 2.86. The second-order valence-corrected chi connectivity index (χ2v) is 7.58. The van der Waals surface area contributed by atoms with Gasteiger partial charge in [-0.25, -0.2) is 8.78 Å². The van der Waals surface area contributed by atoms with Gasteiger partial charge in [-0.15, -0.1) is 12.4 Å². The summed E-state index contributed by atoms with van der Waals surface area (Å²) in [6.07, 6.45) is -1.51. The van der Waals surface area contributed by atoms with Gasteiger partial charge in [0.2, 0.25) is 0 Å². The molecular weight excluding hydrogens is 508 g/mol. The second kappa shape index (κ2) is 13.4. The van der Waals surface area contributed by atoms with Crippen molar-refractivity contribution in [2.75, 3.05) is 20.8 Å². The number of rotatable bonds is 11. The number of nitrogen functional groups attached to an aromatic ring is 1. The van der Waals surface area contributed by atoms with E-state index in [1.165, 1.54) is 20.3 Å². The summed E-state index contributed by atoms with van der Waals surface area (Å²) in [5.41, 5.74) is 6.16. The van der Waals surface area contributed by atoms with Crippen LogP contribution in [-0.4, -0.2) is 32.6 Å². The van der Waals surface area contributed by atoms with Gasteiger partial charge in [0, 0.05) is 36.9 Å². The molecule has 3 rings (SSSR count). The molecule has 1 amide bonds. The number of ether oxygens (including phenoxy) is 4. The number of hydrogen-bond donors (Lipinski definition) is 3. The maximum absolute atomic E-state index is 15.0. The summed E-state index contributed by atoms with van der Waals surface area (Å²) in [7, 11) is 2.94. The molecular formula is C26H28ClF2N3O5. The lowest BCUT2D eigenvalue weighted by Gasteiger charge is -2.19. The normalized spacial score (nSPS) is 11.2. The maximum atomic E-state index is 15.0. The first kappa shape index (κ1) is 29.3. The van der Waals surface area contributed by atoms with Gasteiger partial charge in [0.15, 0.2) is 17.6 Å². The minimum atomic E-state index is -1.51. The molecule has 0 heterocycles. The Morgan fingerprint density at radius 1 is 0.973 bits per heavy atom. The number of halogens is 3. The Hall–Kier alpha value is -3.89. The summed E-state index contributed by atoms with van der Waals surface area (Å²) in [5, 5.41) is 10.1. The lowest BCUT2D eigenvalue weighted by Crippen LogP contribution is -2.31. The third kappa shape index (κ3) is 7.31. The maximum Gasteiger partial charge on any atom is 0.254 e. The first-order valence-electron chi connectivity index (χ1n) is 11.0. The minimum Gasteiger partial charge on any atom is -0.493 e. The van der Waals surface area contributed by atoms with Crippen molar-refractivity contribution in [3.63, 3.8) is 0 Å². The number of methoxy groups -OCH3 is 2. The fourth-order valence-corrected chi connectivity index (χ4v) is 3.43. The van der Waals surface area contributed by atoms with Crippen LogP contribution >= 0.6 is 12.4 Å². The van der Waals surface area contributed by atoms with Crippen LogP contribution in [0.2, 0.25) is 0 Å². The molecule has 0 aliphatic carbocycles. The van der Waals surface area contributed by atoms with Crippen molar-refractivity contribution in [2.24, 2.45) is 5.73 Å². The van der Waals surface area contributed by atoms with Crippen LogP contribution in [0.4, 0.5) is 8.78 Å². The van der Waals surface area contributed by atoms with Crippen LogP contribution in [-0.2, 0) is 16.1 Å².